The maximum atomic E-state index is 12.5. The van der Waals surface area contributed by atoms with Crippen LogP contribution < -0.4 is 5.73 Å². The molecule has 1 aliphatic rings. The summed E-state index contributed by atoms with van der Waals surface area (Å²) in [7, 11) is -3.55. The smallest absolute Gasteiger partial charge is 0.244 e. The van der Waals surface area contributed by atoms with Gasteiger partial charge in [0.05, 0.1) is 0 Å². The number of hydrogen-bond acceptors (Lipinski definition) is 5. The summed E-state index contributed by atoms with van der Waals surface area (Å²) >= 11 is 0. The number of nitrogens with zero attached hydrogens (tertiary/aromatic N) is 3. The van der Waals surface area contributed by atoms with Crippen LogP contribution in [0.5, 0.6) is 0 Å². The maximum absolute atomic E-state index is 12.5. The van der Waals surface area contributed by atoms with Crippen molar-refractivity contribution >= 4 is 10.0 Å². The molecule has 2 unspecified atom stereocenters. The van der Waals surface area contributed by atoms with Gasteiger partial charge in [0.15, 0.2) is 0 Å². The number of nitriles is 1. The van der Waals surface area contributed by atoms with Crippen LogP contribution in [-0.4, -0.2) is 36.8 Å². The second-order valence-electron chi connectivity index (χ2n) is 5.12. The van der Waals surface area contributed by atoms with Crippen LogP contribution >= 0.6 is 0 Å². The lowest BCUT2D eigenvalue weighted by molar-refractivity contribution is 0.243. The molecule has 1 aliphatic heterocycles. The molecule has 0 radical (unpaired) electrons. The Bertz CT molecular complexity index is 604. The van der Waals surface area contributed by atoms with Crippen molar-refractivity contribution in [1.29, 1.82) is 5.26 Å². The lowest BCUT2D eigenvalue weighted by Crippen LogP contribution is -2.44. The highest BCUT2D eigenvalue weighted by Crippen LogP contribution is 2.24. The Hall–Kier alpha value is -1.49. The van der Waals surface area contributed by atoms with E-state index in [9.17, 15) is 8.42 Å². The summed E-state index contributed by atoms with van der Waals surface area (Å²) in [5, 5.41) is 8.69. The molecule has 2 N–H and O–H groups in total. The van der Waals surface area contributed by atoms with Crippen LogP contribution in [-0.2, 0) is 10.0 Å². The molecule has 6 nitrogen and oxygen atoms in total. The Kier molecular flexibility index (Phi) is 4.38. The van der Waals surface area contributed by atoms with Crippen molar-refractivity contribution < 1.29 is 8.42 Å². The molecule has 20 heavy (non-hydrogen) atoms. The minimum absolute atomic E-state index is 0.0212. The van der Waals surface area contributed by atoms with Crippen molar-refractivity contribution in [1.82, 2.24) is 9.29 Å². The van der Waals surface area contributed by atoms with E-state index < -0.39 is 10.0 Å². The highest BCUT2D eigenvalue weighted by molar-refractivity contribution is 7.89. The molecule has 0 amide bonds. The molecule has 7 heteroatoms. The third kappa shape index (κ3) is 2.98. The summed E-state index contributed by atoms with van der Waals surface area (Å²) in [6.07, 6.45) is 3.01. The Morgan fingerprint density at radius 2 is 2.30 bits per heavy atom. The molecule has 1 saturated heterocycles. The SMILES string of the molecule is CC(N)C1CCCN(S(=O)(=O)c2ccc(C#N)nc2)C1. The number of sulfonamides is 1. The van der Waals surface area contributed by atoms with Crippen LogP contribution in [0.25, 0.3) is 0 Å². The van der Waals surface area contributed by atoms with Crippen molar-refractivity contribution in [2.24, 2.45) is 11.7 Å². The normalized spacial score (nSPS) is 22.1. The van der Waals surface area contributed by atoms with Gasteiger partial charge in [0.2, 0.25) is 10.0 Å². The highest BCUT2D eigenvalue weighted by atomic mass is 32.2. The summed E-state index contributed by atoms with van der Waals surface area (Å²) in [6, 6.07) is 4.69. The summed E-state index contributed by atoms with van der Waals surface area (Å²) in [4.78, 5) is 3.95. The maximum Gasteiger partial charge on any atom is 0.244 e. The van der Waals surface area contributed by atoms with Crippen LogP contribution in [0.3, 0.4) is 0 Å². The van der Waals surface area contributed by atoms with E-state index in [4.69, 9.17) is 11.0 Å². The van der Waals surface area contributed by atoms with Gasteiger partial charge in [0.1, 0.15) is 16.7 Å². The van der Waals surface area contributed by atoms with E-state index >= 15 is 0 Å². The third-order valence-corrected chi connectivity index (χ3v) is 5.50. The molecule has 2 atom stereocenters. The number of hydrogen-bond donors (Lipinski definition) is 1. The fourth-order valence-electron chi connectivity index (χ4n) is 2.37. The monoisotopic (exact) mass is 294 g/mol. The lowest BCUT2D eigenvalue weighted by atomic mass is 9.93. The minimum Gasteiger partial charge on any atom is -0.328 e. The van der Waals surface area contributed by atoms with Crippen molar-refractivity contribution in [3.05, 3.63) is 24.0 Å². The van der Waals surface area contributed by atoms with E-state index in [0.29, 0.717) is 13.1 Å². The van der Waals surface area contributed by atoms with Gasteiger partial charge in [-0.05, 0) is 37.8 Å². The summed E-state index contributed by atoms with van der Waals surface area (Å²) < 4.78 is 26.5. The van der Waals surface area contributed by atoms with E-state index in [2.05, 4.69) is 4.98 Å². The van der Waals surface area contributed by atoms with Crippen LogP contribution in [0.15, 0.2) is 23.2 Å². The minimum atomic E-state index is -3.55. The van der Waals surface area contributed by atoms with Gasteiger partial charge in [-0.15, -0.1) is 0 Å². The summed E-state index contributed by atoms with van der Waals surface area (Å²) in [5.41, 5.74) is 6.08. The molecule has 0 aromatic carbocycles. The van der Waals surface area contributed by atoms with Crippen LogP contribution in [0.2, 0.25) is 0 Å². The molecule has 2 heterocycles. The van der Waals surface area contributed by atoms with Crippen LogP contribution in [0.4, 0.5) is 0 Å². The van der Waals surface area contributed by atoms with Crippen LogP contribution in [0, 0.1) is 17.2 Å². The zero-order chi connectivity index (χ0) is 14.8. The standard InChI is InChI=1S/C13H18N4O2S/c1-10(15)11-3-2-6-17(9-11)20(18,19)13-5-4-12(7-14)16-8-13/h4-5,8,10-11H,2-3,6,9,15H2,1H3. The molecule has 108 valence electrons. The molecule has 0 saturated carbocycles. The molecule has 1 aromatic rings. The number of rotatable bonds is 3. The van der Waals surface area contributed by atoms with Gasteiger partial charge in [0, 0.05) is 25.3 Å². The first kappa shape index (κ1) is 14.9. The second-order valence-corrected chi connectivity index (χ2v) is 7.05. The molecule has 0 spiro atoms. The summed E-state index contributed by atoms with van der Waals surface area (Å²) in [5.74, 6) is 0.185. The quantitative estimate of drug-likeness (QED) is 0.884. The van der Waals surface area contributed by atoms with E-state index in [1.165, 1.54) is 22.6 Å². The van der Waals surface area contributed by atoms with Crippen molar-refractivity contribution in [3.8, 4) is 6.07 Å². The fourth-order valence-corrected chi connectivity index (χ4v) is 3.85. The predicted molar refractivity (Wildman–Crippen MR) is 74.1 cm³/mol. The average molecular weight is 294 g/mol. The molecule has 0 aliphatic carbocycles. The van der Waals surface area contributed by atoms with Gasteiger partial charge in [-0.3, -0.25) is 0 Å². The Morgan fingerprint density at radius 1 is 1.55 bits per heavy atom. The molecular weight excluding hydrogens is 276 g/mol. The Morgan fingerprint density at radius 3 is 2.85 bits per heavy atom. The Labute approximate surface area is 119 Å². The van der Waals surface area contributed by atoms with E-state index in [-0.39, 0.29) is 22.5 Å². The topological polar surface area (TPSA) is 100 Å². The number of aromatic nitrogens is 1. The van der Waals surface area contributed by atoms with Crippen molar-refractivity contribution in [3.63, 3.8) is 0 Å². The Balaban J connectivity index is 2.23. The fraction of sp³-hybridized carbons (Fsp3) is 0.538. The average Bonchev–Trinajstić information content (AvgIpc) is 2.47. The first-order chi connectivity index (χ1) is 9.45. The van der Waals surface area contributed by atoms with Crippen molar-refractivity contribution in [2.75, 3.05) is 13.1 Å². The molecular formula is C13H18N4O2S. The number of pyridine rings is 1. The van der Waals surface area contributed by atoms with E-state index in [1.807, 2.05) is 13.0 Å². The first-order valence-electron chi connectivity index (χ1n) is 6.57. The number of piperidine rings is 1. The van der Waals surface area contributed by atoms with Gasteiger partial charge in [-0.1, -0.05) is 0 Å². The zero-order valence-corrected chi connectivity index (χ0v) is 12.2. The molecule has 1 fully saturated rings. The largest absolute Gasteiger partial charge is 0.328 e. The zero-order valence-electron chi connectivity index (χ0n) is 11.4. The molecule has 0 bridgehead atoms. The van der Waals surface area contributed by atoms with Gasteiger partial charge < -0.3 is 5.73 Å². The summed E-state index contributed by atoms with van der Waals surface area (Å²) in [6.45, 7) is 2.86. The van der Waals surface area contributed by atoms with Crippen LogP contribution in [0.1, 0.15) is 25.5 Å². The molecule has 1 aromatic heterocycles. The van der Waals surface area contributed by atoms with E-state index in [1.54, 1.807) is 0 Å². The van der Waals surface area contributed by atoms with Gasteiger partial charge in [-0.2, -0.15) is 9.57 Å². The predicted octanol–water partition coefficient (Wildman–Crippen LogP) is 0.701. The number of nitrogens with two attached hydrogens (primary N) is 1. The van der Waals surface area contributed by atoms with E-state index in [0.717, 1.165) is 12.8 Å². The molecule has 2 rings (SSSR count). The lowest BCUT2D eigenvalue weighted by Gasteiger charge is -2.33. The highest BCUT2D eigenvalue weighted by Gasteiger charge is 2.31. The van der Waals surface area contributed by atoms with Crippen molar-refractivity contribution in [2.45, 2.75) is 30.7 Å². The van der Waals surface area contributed by atoms with Gasteiger partial charge >= 0.3 is 0 Å². The third-order valence-electron chi connectivity index (χ3n) is 3.65. The first-order valence-corrected chi connectivity index (χ1v) is 8.01. The second kappa shape index (κ2) is 5.87. The van der Waals surface area contributed by atoms with Gasteiger partial charge in [0.25, 0.3) is 0 Å². The van der Waals surface area contributed by atoms with Gasteiger partial charge in [-0.25, -0.2) is 13.4 Å².